The number of carbonyl (C=O) groups is 2. The van der Waals surface area contributed by atoms with E-state index in [2.05, 4.69) is 5.32 Å². The van der Waals surface area contributed by atoms with Crippen molar-refractivity contribution in [3.8, 4) is 11.5 Å². The number of hydrogen-bond acceptors (Lipinski definition) is 5. The summed E-state index contributed by atoms with van der Waals surface area (Å²) >= 11 is 1.53. The number of methoxy groups -OCH3 is 2. The fourth-order valence-electron chi connectivity index (χ4n) is 3.45. The minimum absolute atomic E-state index is 0.240. The third-order valence-electron chi connectivity index (χ3n) is 4.71. The number of carbonyl (C=O) groups excluding carboxylic acids is 2. The molecule has 2 amide bonds. The summed E-state index contributed by atoms with van der Waals surface area (Å²) in [5, 5.41) is 2.51. The van der Waals surface area contributed by atoms with Gasteiger partial charge in [-0.25, -0.2) is 4.39 Å². The highest BCUT2D eigenvalue weighted by molar-refractivity contribution is 7.99. The van der Waals surface area contributed by atoms with Crippen LogP contribution in [0.4, 0.5) is 10.1 Å². The van der Waals surface area contributed by atoms with Gasteiger partial charge >= 0.3 is 0 Å². The lowest BCUT2D eigenvalue weighted by Gasteiger charge is -2.22. The zero-order valence-corrected chi connectivity index (χ0v) is 15.5. The predicted molar refractivity (Wildman–Crippen MR) is 99.7 cm³/mol. The Kier molecular flexibility index (Phi) is 4.43. The molecule has 0 aliphatic carbocycles. The van der Waals surface area contributed by atoms with Crippen LogP contribution in [0.3, 0.4) is 0 Å². The van der Waals surface area contributed by atoms with Crippen molar-refractivity contribution in [1.29, 1.82) is 0 Å². The molecule has 2 aliphatic heterocycles. The van der Waals surface area contributed by atoms with Gasteiger partial charge in [-0.1, -0.05) is 6.07 Å². The maximum absolute atomic E-state index is 13.1. The topological polar surface area (TPSA) is 67.9 Å². The average Bonchev–Trinajstić information content (AvgIpc) is 3.23. The normalized spacial score (nSPS) is 20.3. The summed E-state index contributed by atoms with van der Waals surface area (Å²) in [4.78, 5) is 27.4. The fraction of sp³-hybridized carbons (Fsp3) is 0.263. The summed E-state index contributed by atoms with van der Waals surface area (Å²) in [5.41, 5.74) is 1.74. The molecule has 27 heavy (non-hydrogen) atoms. The molecule has 0 radical (unpaired) electrons. The van der Waals surface area contributed by atoms with Crippen LogP contribution in [-0.4, -0.2) is 42.7 Å². The Bertz CT molecular complexity index is 919. The number of hydrogen-bond donors (Lipinski definition) is 1. The van der Waals surface area contributed by atoms with Gasteiger partial charge in [0.15, 0.2) is 11.5 Å². The van der Waals surface area contributed by atoms with Crippen LogP contribution in [0, 0.1) is 5.82 Å². The van der Waals surface area contributed by atoms with Crippen LogP contribution in [0.2, 0.25) is 0 Å². The van der Waals surface area contributed by atoms with Crippen LogP contribution >= 0.6 is 11.8 Å². The van der Waals surface area contributed by atoms with Crippen LogP contribution in [0.1, 0.15) is 21.3 Å². The molecular weight excluding hydrogens is 371 g/mol. The van der Waals surface area contributed by atoms with Crippen molar-refractivity contribution in [2.45, 2.75) is 11.4 Å². The van der Waals surface area contributed by atoms with E-state index in [0.717, 1.165) is 5.56 Å². The lowest BCUT2D eigenvalue weighted by atomic mass is 10.1. The third kappa shape index (κ3) is 2.80. The summed E-state index contributed by atoms with van der Waals surface area (Å²) in [7, 11) is 3.00. The third-order valence-corrected chi connectivity index (χ3v) is 6.01. The number of nitrogens with zero attached hydrogens (tertiary/aromatic N) is 1. The molecule has 2 aromatic carbocycles. The molecule has 6 nitrogen and oxygen atoms in total. The Hall–Kier alpha value is -2.74. The second kappa shape index (κ2) is 6.77. The van der Waals surface area contributed by atoms with Gasteiger partial charge in [-0.3, -0.25) is 9.59 Å². The van der Waals surface area contributed by atoms with Crippen molar-refractivity contribution in [1.82, 2.24) is 4.90 Å². The zero-order chi connectivity index (χ0) is 19.1. The molecule has 0 bridgehead atoms. The number of thioether (sulfide) groups is 1. The number of nitrogens with one attached hydrogen (secondary N) is 1. The highest BCUT2D eigenvalue weighted by atomic mass is 32.2. The standard InChI is InChI=1S/C19H17FN2O4S/c1-25-14-8-7-12-15(16(14)26-2)18(24)22-13(9-27-19(12)22)17(23)21-11-5-3-10(20)4-6-11/h3-8,13,19H,9H2,1-2H3,(H,21,23)/t13-,19-/m0/s1. The van der Waals surface area contributed by atoms with E-state index in [9.17, 15) is 14.0 Å². The average molecular weight is 388 g/mol. The summed E-state index contributed by atoms with van der Waals surface area (Å²) in [6, 6.07) is 8.50. The molecule has 140 valence electrons. The van der Waals surface area contributed by atoms with E-state index in [-0.39, 0.29) is 23.0 Å². The fourth-order valence-corrected chi connectivity index (χ4v) is 4.91. The first-order valence-corrected chi connectivity index (χ1v) is 9.35. The van der Waals surface area contributed by atoms with E-state index < -0.39 is 6.04 Å². The number of amides is 2. The Morgan fingerprint density at radius 1 is 1.19 bits per heavy atom. The molecule has 1 saturated heterocycles. The van der Waals surface area contributed by atoms with E-state index in [1.165, 1.54) is 50.2 Å². The van der Waals surface area contributed by atoms with E-state index in [1.54, 1.807) is 11.0 Å². The highest BCUT2D eigenvalue weighted by Gasteiger charge is 2.50. The largest absolute Gasteiger partial charge is 0.493 e. The Morgan fingerprint density at radius 2 is 1.93 bits per heavy atom. The van der Waals surface area contributed by atoms with Gasteiger partial charge in [0.1, 0.15) is 17.2 Å². The van der Waals surface area contributed by atoms with E-state index in [0.29, 0.717) is 28.5 Å². The van der Waals surface area contributed by atoms with Crippen molar-refractivity contribution in [3.63, 3.8) is 0 Å². The minimum atomic E-state index is -0.624. The predicted octanol–water partition coefficient (Wildman–Crippen LogP) is 3.05. The van der Waals surface area contributed by atoms with Crippen molar-refractivity contribution in [3.05, 3.63) is 53.3 Å². The first-order valence-electron chi connectivity index (χ1n) is 8.30. The lowest BCUT2D eigenvalue weighted by Crippen LogP contribution is -2.42. The minimum Gasteiger partial charge on any atom is -0.493 e. The van der Waals surface area contributed by atoms with Crippen molar-refractivity contribution >= 4 is 29.3 Å². The van der Waals surface area contributed by atoms with Gasteiger partial charge < -0.3 is 19.7 Å². The SMILES string of the molecule is COc1ccc2c(c1OC)C(=O)N1[C@H](C(=O)Nc3ccc(F)cc3)CS[C@@H]21. The van der Waals surface area contributed by atoms with Crippen molar-refractivity contribution in [2.24, 2.45) is 0 Å². The lowest BCUT2D eigenvalue weighted by molar-refractivity contribution is -0.119. The molecule has 0 aromatic heterocycles. The molecule has 2 atom stereocenters. The van der Waals surface area contributed by atoms with Crippen LogP contribution in [0.15, 0.2) is 36.4 Å². The zero-order valence-electron chi connectivity index (χ0n) is 14.7. The van der Waals surface area contributed by atoms with Crippen LogP contribution in [-0.2, 0) is 4.79 Å². The molecule has 2 aliphatic rings. The highest BCUT2D eigenvalue weighted by Crippen LogP contribution is 2.52. The number of anilines is 1. The van der Waals surface area contributed by atoms with Gasteiger partial charge in [-0.15, -0.1) is 11.8 Å². The van der Waals surface area contributed by atoms with Crippen LogP contribution in [0.25, 0.3) is 0 Å². The molecule has 1 fully saturated rings. The molecule has 4 rings (SSSR count). The smallest absolute Gasteiger partial charge is 0.260 e. The van der Waals surface area contributed by atoms with Crippen LogP contribution in [0.5, 0.6) is 11.5 Å². The molecule has 2 heterocycles. The number of halogens is 1. The molecule has 0 unspecified atom stereocenters. The van der Waals surface area contributed by atoms with Gasteiger partial charge in [0.25, 0.3) is 5.91 Å². The van der Waals surface area contributed by atoms with Crippen LogP contribution < -0.4 is 14.8 Å². The van der Waals surface area contributed by atoms with Crippen molar-refractivity contribution < 1.29 is 23.5 Å². The Morgan fingerprint density at radius 3 is 2.59 bits per heavy atom. The second-order valence-corrected chi connectivity index (χ2v) is 7.29. The molecule has 0 spiro atoms. The molecule has 1 N–H and O–H groups in total. The summed E-state index contributed by atoms with van der Waals surface area (Å²) < 4.78 is 23.7. The Balaban J connectivity index is 1.62. The van der Waals surface area contributed by atoms with Gasteiger partial charge in [0.2, 0.25) is 5.91 Å². The maximum Gasteiger partial charge on any atom is 0.260 e. The number of fused-ring (bicyclic) bond motifs is 3. The summed E-state index contributed by atoms with van der Waals surface area (Å²) in [6.45, 7) is 0. The maximum atomic E-state index is 13.1. The van der Waals surface area contributed by atoms with E-state index >= 15 is 0 Å². The van der Waals surface area contributed by atoms with Gasteiger partial charge in [0, 0.05) is 17.0 Å². The molecular formula is C19H17FN2O4S. The molecule has 0 saturated carbocycles. The second-order valence-electron chi connectivity index (χ2n) is 6.18. The molecule has 8 heteroatoms. The van der Waals surface area contributed by atoms with E-state index in [4.69, 9.17) is 9.47 Å². The first kappa shape index (κ1) is 17.7. The number of ether oxygens (including phenoxy) is 2. The monoisotopic (exact) mass is 388 g/mol. The van der Waals surface area contributed by atoms with Gasteiger partial charge in [-0.05, 0) is 30.3 Å². The number of benzene rings is 2. The van der Waals surface area contributed by atoms with E-state index in [1.807, 2.05) is 6.07 Å². The molecule has 2 aromatic rings. The first-order chi connectivity index (χ1) is 13.0. The quantitative estimate of drug-likeness (QED) is 0.872. The van der Waals surface area contributed by atoms with Crippen molar-refractivity contribution in [2.75, 3.05) is 25.3 Å². The summed E-state index contributed by atoms with van der Waals surface area (Å²) in [5.74, 6) is 0.405. The Labute approximate surface area is 159 Å². The van der Waals surface area contributed by atoms with Gasteiger partial charge in [0.05, 0.1) is 19.8 Å². The number of rotatable bonds is 4. The van der Waals surface area contributed by atoms with Gasteiger partial charge in [-0.2, -0.15) is 0 Å². The summed E-state index contributed by atoms with van der Waals surface area (Å²) in [6.07, 6.45) is 0.